The Balaban J connectivity index is 1.78. The summed E-state index contributed by atoms with van der Waals surface area (Å²) in [5, 5.41) is 3.42. The van der Waals surface area contributed by atoms with Crippen molar-refractivity contribution < 1.29 is 0 Å². The van der Waals surface area contributed by atoms with Crippen molar-refractivity contribution >= 4 is 5.95 Å². The third-order valence-electron chi connectivity index (χ3n) is 3.21. The van der Waals surface area contributed by atoms with E-state index in [4.69, 9.17) is 0 Å². The van der Waals surface area contributed by atoms with E-state index in [1.54, 1.807) is 0 Å². The summed E-state index contributed by atoms with van der Waals surface area (Å²) in [6.07, 6.45) is 6.58. The van der Waals surface area contributed by atoms with Crippen molar-refractivity contribution in [2.24, 2.45) is 0 Å². The minimum atomic E-state index is 0.707. The average Bonchev–Trinajstić information content (AvgIpc) is 3.05. The minimum Gasteiger partial charge on any atom is -0.354 e. The highest BCUT2D eigenvalue weighted by Gasteiger charge is 2.25. The molecule has 0 radical (unpaired) electrons. The van der Waals surface area contributed by atoms with Crippen LogP contribution in [0.4, 0.5) is 5.95 Å². The molecule has 1 aliphatic rings. The zero-order valence-electron chi connectivity index (χ0n) is 10.3. The predicted octanol–water partition coefficient (Wildman–Crippen LogP) is 1.97. The number of hydrogen-bond donors (Lipinski definition) is 1. The summed E-state index contributed by atoms with van der Waals surface area (Å²) >= 11 is 0. The van der Waals surface area contributed by atoms with Gasteiger partial charge in [-0.3, -0.25) is 0 Å². The van der Waals surface area contributed by atoms with Gasteiger partial charge in [0.2, 0.25) is 5.95 Å². The third kappa shape index (κ3) is 2.76. The molecule has 0 amide bonds. The molecule has 1 saturated carbocycles. The van der Waals surface area contributed by atoms with Gasteiger partial charge < -0.3 is 14.8 Å². The summed E-state index contributed by atoms with van der Waals surface area (Å²) < 4.78 is 2.27. The molecule has 1 aliphatic carbocycles. The van der Waals surface area contributed by atoms with Gasteiger partial charge >= 0.3 is 0 Å². The highest BCUT2D eigenvalue weighted by Crippen LogP contribution is 2.36. The lowest BCUT2D eigenvalue weighted by molar-refractivity contribution is 0.315. The van der Waals surface area contributed by atoms with Crippen LogP contribution in [-0.4, -0.2) is 40.6 Å². The van der Waals surface area contributed by atoms with E-state index < -0.39 is 0 Å². The van der Waals surface area contributed by atoms with Crippen molar-refractivity contribution in [2.45, 2.75) is 32.7 Å². The van der Waals surface area contributed by atoms with Crippen LogP contribution in [0.3, 0.4) is 0 Å². The van der Waals surface area contributed by atoms with E-state index in [2.05, 4.69) is 39.8 Å². The topological polar surface area (TPSA) is 33.1 Å². The van der Waals surface area contributed by atoms with Gasteiger partial charge in [-0.25, -0.2) is 4.98 Å². The molecule has 2 rings (SSSR count). The standard InChI is InChI=1S/C12H22N4/c1-3-15(4-2)9-7-13-12-14-8-10-16(12)11-5-6-11/h8,10-11H,3-7,9H2,1-2H3,(H,13,14). The molecule has 1 aromatic heterocycles. The highest BCUT2D eigenvalue weighted by molar-refractivity contribution is 5.27. The lowest BCUT2D eigenvalue weighted by Crippen LogP contribution is -2.29. The summed E-state index contributed by atoms with van der Waals surface area (Å²) in [6, 6.07) is 0.707. The van der Waals surface area contributed by atoms with E-state index in [9.17, 15) is 0 Å². The van der Waals surface area contributed by atoms with Crippen LogP contribution in [-0.2, 0) is 0 Å². The monoisotopic (exact) mass is 222 g/mol. The second kappa shape index (κ2) is 5.34. The lowest BCUT2D eigenvalue weighted by atomic mass is 10.4. The summed E-state index contributed by atoms with van der Waals surface area (Å²) in [6.45, 7) is 8.71. The van der Waals surface area contributed by atoms with Crippen molar-refractivity contribution in [2.75, 3.05) is 31.5 Å². The molecule has 16 heavy (non-hydrogen) atoms. The Kier molecular flexibility index (Phi) is 3.83. The van der Waals surface area contributed by atoms with Crippen molar-refractivity contribution in [3.8, 4) is 0 Å². The van der Waals surface area contributed by atoms with Gasteiger partial charge in [0.1, 0.15) is 0 Å². The molecule has 0 unspecified atom stereocenters. The number of hydrogen-bond acceptors (Lipinski definition) is 3. The fraction of sp³-hybridized carbons (Fsp3) is 0.750. The van der Waals surface area contributed by atoms with Gasteiger partial charge in [-0.1, -0.05) is 13.8 Å². The molecule has 0 atom stereocenters. The Bertz CT molecular complexity index is 313. The average molecular weight is 222 g/mol. The molecule has 4 heteroatoms. The molecule has 0 aliphatic heterocycles. The molecular formula is C12H22N4. The quantitative estimate of drug-likeness (QED) is 0.765. The van der Waals surface area contributed by atoms with Gasteiger partial charge in [0.15, 0.2) is 0 Å². The SMILES string of the molecule is CCN(CC)CCNc1nccn1C1CC1. The van der Waals surface area contributed by atoms with Gasteiger partial charge in [-0.2, -0.15) is 0 Å². The van der Waals surface area contributed by atoms with Crippen molar-refractivity contribution in [1.82, 2.24) is 14.5 Å². The van der Waals surface area contributed by atoms with Crippen LogP contribution in [0.25, 0.3) is 0 Å². The van der Waals surface area contributed by atoms with Crippen molar-refractivity contribution in [3.05, 3.63) is 12.4 Å². The Morgan fingerprint density at radius 3 is 2.81 bits per heavy atom. The Hall–Kier alpha value is -1.03. The van der Waals surface area contributed by atoms with Crippen LogP contribution in [0.1, 0.15) is 32.7 Å². The first-order valence-electron chi connectivity index (χ1n) is 6.34. The zero-order chi connectivity index (χ0) is 11.4. The van der Waals surface area contributed by atoms with Crippen molar-refractivity contribution in [1.29, 1.82) is 0 Å². The highest BCUT2D eigenvalue weighted by atomic mass is 15.2. The largest absolute Gasteiger partial charge is 0.354 e. The van der Waals surface area contributed by atoms with E-state index >= 15 is 0 Å². The fourth-order valence-electron chi connectivity index (χ4n) is 1.96. The molecule has 0 spiro atoms. The first kappa shape index (κ1) is 11.5. The maximum absolute atomic E-state index is 4.36. The van der Waals surface area contributed by atoms with E-state index in [1.165, 1.54) is 12.8 Å². The first-order chi connectivity index (χ1) is 7.85. The molecule has 1 aromatic rings. The lowest BCUT2D eigenvalue weighted by Gasteiger charge is -2.18. The fourth-order valence-corrected chi connectivity index (χ4v) is 1.96. The number of nitrogens with one attached hydrogen (secondary N) is 1. The van der Waals surface area contributed by atoms with Gasteiger partial charge in [0, 0.05) is 31.5 Å². The normalized spacial score (nSPS) is 15.7. The second-order valence-corrected chi connectivity index (χ2v) is 4.34. The zero-order valence-corrected chi connectivity index (χ0v) is 10.3. The smallest absolute Gasteiger partial charge is 0.203 e. The van der Waals surface area contributed by atoms with E-state index in [0.717, 1.165) is 32.1 Å². The molecule has 4 nitrogen and oxygen atoms in total. The molecule has 1 heterocycles. The number of rotatable bonds is 7. The first-order valence-corrected chi connectivity index (χ1v) is 6.34. The Morgan fingerprint density at radius 1 is 1.44 bits per heavy atom. The molecule has 1 fully saturated rings. The number of anilines is 1. The maximum Gasteiger partial charge on any atom is 0.203 e. The molecule has 0 aromatic carbocycles. The van der Waals surface area contributed by atoms with Crippen molar-refractivity contribution in [3.63, 3.8) is 0 Å². The molecule has 90 valence electrons. The Morgan fingerprint density at radius 2 is 2.19 bits per heavy atom. The number of likely N-dealkylation sites (N-methyl/N-ethyl adjacent to an activating group) is 1. The van der Waals surface area contributed by atoms with Crippen LogP contribution in [0.2, 0.25) is 0 Å². The van der Waals surface area contributed by atoms with Crippen LogP contribution >= 0.6 is 0 Å². The van der Waals surface area contributed by atoms with Crippen LogP contribution < -0.4 is 5.32 Å². The molecule has 0 bridgehead atoms. The number of aromatic nitrogens is 2. The summed E-state index contributed by atoms with van der Waals surface area (Å²) in [4.78, 5) is 6.77. The Labute approximate surface area is 97.7 Å². The minimum absolute atomic E-state index is 0.707. The molecule has 0 saturated heterocycles. The van der Waals surface area contributed by atoms with Gasteiger partial charge in [0.25, 0.3) is 0 Å². The molecule has 1 N–H and O–H groups in total. The van der Waals surface area contributed by atoms with Crippen LogP contribution in [0.15, 0.2) is 12.4 Å². The number of imidazole rings is 1. The summed E-state index contributed by atoms with van der Waals surface area (Å²) in [5.41, 5.74) is 0. The summed E-state index contributed by atoms with van der Waals surface area (Å²) in [5.74, 6) is 1.04. The van der Waals surface area contributed by atoms with Gasteiger partial charge in [-0.05, 0) is 25.9 Å². The van der Waals surface area contributed by atoms with Gasteiger partial charge in [0.05, 0.1) is 0 Å². The third-order valence-corrected chi connectivity index (χ3v) is 3.21. The van der Waals surface area contributed by atoms with E-state index in [0.29, 0.717) is 6.04 Å². The van der Waals surface area contributed by atoms with E-state index in [-0.39, 0.29) is 0 Å². The predicted molar refractivity (Wildman–Crippen MR) is 66.8 cm³/mol. The van der Waals surface area contributed by atoms with Gasteiger partial charge in [-0.15, -0.1) is 0 Å². The molecular weight excluding hydrogens is 200 g/mol. The number of nitrogens with zero attached hydrogens (tertiary/aromatic N) is 3. The van der Waals surface area contributed by atoms with Crippen LogP contribution in [0, 0.1) is 0 Å². The maximum atomic E-state index is 4.36. The van der Waals surface area contributed by atoms with Crippen LogP contribution in [0.5, 0.6) is 0 Å². The van der Waals surface area contributed by atoms with E-state index in [1.807, 2.05) is 6.20 Å². The second-order valence-electron chi connectivity index (χ2n) is 4.34. The summed E-state index contributed by atoms with van der Waals surface area (Å²) in [7, 11) is 0.